The van der Waals surface area contributed by atoms with Crippen LogP contribution >= 0.6 is 0 Å². The minimum atomic E-state index is -3.62. The van der Waals surface area contributed by atoms with Gasteiger partial charge in [-0.3, -0.25) is 14.5 Å². The van der Waals surface area contributed by atoms with Crippen LogP contribution in [-0.2, 0) is 26.7 Å². The van der Waals surface area contributed by atoms with Crippen LogP contribution in [0, 0.1) is 13.8 Å². The molecule has 2 N–H and O–H groups in total. The molecule has 0 saturated carbocycles. The summed E-state index contributed by atoms with van der Waals surface area (Å²) in [5, 5.41) is 2.93. The number of carbonyl (C=O) groups is 1. The first-order valence-electron chi connectivity index (χ1n) is 10.5. The van der Waals surface area contributed by atoms with E-state index in [1.54, 1.807) is 25.1 Å². The molecule has 0 aromatic heterocycles. The molecule has 0 aliphatic carbocycles. The van der Waals surface area contributed by atoms with Gasteiger partial charge in [-0.25, -0.2) is 8.42 Å². The number of sulfonamides is 1. The molecule has 0 bridgehead atoms. The molecule has 0 radical (unpaired) electrons. The largest absolute Gasteiger partial charge is 0.354 e. The second-order valence-electron chi connectivity index (χ2n) is 9.13. The van der Waals surface area contributed by atoms with Crippen molar-refractivity contribution in [2.45, 2.75) is 64.3 Å². The van der Waals surface area contributed by atoms with E-state index in [4.69, 9.17) is 0 Å². The Bertz CT molecular complexity index is 1120. The number of fused-ring (bicyclic) bond motifs is 1. The molecule has 0 fully saturated rings. The molecule has 1 amide bonds. The Kier molecular flexibility index (Phi) is 6.28. The summed E-state index contributed by atoms with van der Waals surface area (Å²) < 4.78 is 26.8. The first-order valence-corrected chi connectivity index (χ1v) is 12.0. The standard InChI is InChI=1S/C24H31N3O3S/c1-15-13-18(24(4,5)6)14-16(2)19(15)11-12-25-23(28)17(3)26-22-20-9-7-8-10-21(20)31(29,30)27-22/h7-10,13-14,17H,11-12H2,1-6H3,(H,25,28)(H,26,27)/t17-/m1/s1. The van der Waals surface area contributed by atoms with Gasteiger partial charge in [0.25, 0.3) is 10.0 Å². The SMILES string of the molecule is Cc1cc(C(C)(C)C)cc(C)c1CCNC(=O)[C@@H](C)N=C1NS(=O)(=O)c2ccccc21. The lowest BCUT2D eigenvalue weighted by Gasteiger charge is -2.22. The molecule has 1 atom stereocenters. The van der Waals surface area contributed by atoms with Gasteiger partial charge in [-0.15, -0.1) is 0 Å². The van der Waals surface area contributed by atoms with E-state index >= 15 is 0 Å². The van der Waals surface area contributed by atoms with E-state index < -0.39 is 16.1 Å². The molecule has 2 aromatic rings. The Hall–Kier alpha value is -2.67. The zero-order chi connectivity index (χ0) is 23.0. The van der Waals surface area contributed by atoms with Crippen LogP contribution in [0.25, 0.3) is 0 Å². The van der Waals surface area contributed by atoms with Crippen LogP contribution in [-0.4, -0.2) is 32.7 Å². The molecule has 0 unspecified atom stereocenters. The van der Waals surface area contributed by atoms with Crippen molar-refractivity contribution in [1.82, 2.24) is 10.0 Å². The Morgan fingerprint density at radius 3 is 2.35 bits per heavy atom. The summed E-state index contributed by atoms with van der Waals surface area (Å²) in [4.78, 5) is 17.1. The number of nitrogens with one attached hydrogen (secondary N) is 2. The van der Waals surface area contributed by atoms with Crippen molar-refractivity contribution in [2.24, 2.45) is 4.99 Å². The van der Waals surface area contributed by atoms with Gasteiger partial charge in [0.1, 0.15) is 11.9 Å². The molecule has 1 aliphatic heterocycles. The Morgan fingerprint density at radius 2 is 1.74 bits per heavy atom. The number of hydrogen-bond donors (Lipinski definition) is 2. The minimum absolute atomic E-state index is 0.0945. The van der Waals surface area contributed by atoms with E-state index in [0.29, 0.717) is 12.1 Å². The van der Waals surface area contributed by atoms with Crippen molar-refractivity contribution < 1.29 is 13.2 Å². The Balaban J connectivity index is 1.65. The summed E-state index contributed by atoms with van der Waals surface area (Å²) in [6, 6.07) is 10.4. The van der Waals surface area contributed by atoms with Crippen LogP contribution in [0.15, 0.2) is 46.3 Å². The predicted octanol–water partition coefficient (Wildman–Crippen LogP) is 3.39. The lowest BCUT2D eigenvalue weighted by molar-refractivity contribution is -0.121. The van der Waals surface area contributed by atoms with Gasteiger partial charge in [-0.2, -0.15) is 0 Å². The monoisotopic (exact) mass is 441 g/mol. The second-order valence-corrected chi connectivity index (χ2v) is 10.8. The highest BCUT2D eigenvalue weighted by Gasteiger charge is 2.31. The van der Waals surface area contributed by atoms with E-state index in [1.165, 1.54) is 28.3 Å². The topological polar surface area (TPSA) is 87.6 Å². The van der Waals surface area contributed by atoms with Crippen molar-refractivity contribution in [3.63, 3.8) is 0 Å². The molecule has 31 heavy (non-hydrogen) atoms. The van der Waals surface area contributed by atoms with Crippen LogP contribution in [0.2, 0.25) is 0 Å². The summed E-state index contributed by atoms with van der Waals surface area (Å²) in [6.07, 6.45) is 0.729. The molecule has 1 heterocycles. The number of nitrogens with zero attached hydrogens (tertiary/aromatic N) is 1. The van der Waals surface area contributed by atoms with Gasteiger partial charge in [0, 0.05) is 12.1 Å². The smallest absolute Gasteiger partial charge is 0.263 e. The van der Waals surface area contributed by atoms with Crippen LogP contribution in [0.1, 0.15) is 55.5 Å². The highest BCUT2D eigenvalue weighted by Crippen LogP contribution is 2.27. The van der Waals surface area contributed by atoms with Gasteiger partial charge in [0.2, 0.25) is 5.91 Å². The zero-order valence-corrected chi connectivity index (χ0v) is 19.9. The van der Waals surface area contributed by atoms with Crippen molar-refractivity contribution in [3.8, 4) is 0 Å². The lowest BCUT2D eigenvalue weighted by Crippen LogP contribution is -2.35. The van der Waals surface area contributed by atoms with Crippen molar-refractivity contribution >= 4 is 21.8 Å². The molecule has 7 heteroatoms. The van der Waals surface area contributed by atoms with Gasteiger partial charge in [0.05, 0.1) is 4.90 Å². The summed E-state index contributed by atoms with van der Waals surface area (Å²) in [6.45, 7) is 13.0. The lowest BCUT2D eigenvalue weighted by atomic mass is 9.83. The number of benzene rings is 2. The fraction of sp³-hybridized carbons (Fsp3) is 0.417. The fourth-order valence-corrected chi connectivity index (χ4v) is 5.00. The zero-order valence-electron chi connectivity index (χ0n) is 19.0. The van der Waals surface area contributed by atoms with Gasteiger partial charge in [0.15, 0.2) is 0 Å². The molecular weight excluding hydrogens is 410 g/mol. The van der Waals surface area contributed by atoms with E-state index in [-0.39, 0.29) is 22.1 Å². The normalized spacial score (nSPS) is 17.2. The third-order valence-electron chi connectivity index (χ3n) is 5.60. The molecule has 0 spiro atoms. The predicted molar refractivity (Wildman–Crippen MR) is 124 cm³/mol. The van der Waals surface area contributed by atoms with Gasteiger partial charge in [-0.1, -0.05) is 45.0 Å². The molecule has 166 valence electrons. The first kappa shape index (κ1) is 23.0. The average molecular weight is 442 g/mol. The molecule has 2 aromatic carbocycles. The number of rotatable bonds is 5. The van der Waals surface area contributed by atoms with Crippen LogP contribution in [0.5, 0.6) is 0 Å². The molecule has 0 saturated heterocycles. The molecule has 1 aliphatic rings. The van der Waals surface area contributed by atoms with E-state index in [9.17, 15) is 13.2 Å². The highest BCUT2D eigenvalue weighted by atomic mass is 32.2. The number of amides is 1. The third kappa shape index (κ3) is 4.98. The quantitative estimate of drug-likeness (QED) is 0.746. The minimum Gasteiger partial charge on any atom is -0.354 e. The summed E-state index contributed by atoms with van der Waals surface area (Å²) >= 11 is 0. The average Bonchev–Trinajstić information content (AvgIpc) is 2.93. The number of amidine groups is 1. The van der Waals surface area contributed by atoms with Crippen LogP contribution in [0.4, 0.5) is 0 Å². The third-order valence-corrected chi connectivity index (χ3v) is 7.00. The van der Waals surface area contributed by atoms with Crippen LogP contribution < -0.4 is 10.0 Å². The van der Waals surface area contributed by atoms with Gasteiger partial charge < -0.3 is 5.32 Å². The van der Waals surface area contributed by atoms with E-state index in [0.717, 1.165) is 6.42 Å². The van der Waals surface area contributed by atoms with E-state index in [2.05, 4.69) is 61.8 Å². The Morgan fingerprint density at radius 1 is 1.13 bits per heavy atom. The van der Waals surface area contributed by atoms with Crippen molar-refractivity contribution in [3.05, 3.63) is 64.2 Å². The van der Waals surface area contributed by atoms with E-state index in [1.807, 2.05) is 0 Å². The van der Waals surface area contributed by atoms with Crippen molar-refractivity contribution in [2.75, 3.05) is 6.54 Å². The summed E-state index contributed by atoms with van der Waals surface area (Å²) in [7, 11) is -3.62. The van der Waals surface area contributed by atoms with Gasteiger partial charge in [-0.05, 0) is 67.0 Å². The maximum atomic E-state index is 12.6. The van der Waals surface area contributed by atoms with Gasteiger partial charge >= 0.3 is 0 Å². The molecule has 6 nitrogen and oxygen atoms in total. The fourth-order valence-electron chi connectivity index (χ4n) is 3.76. The summed E-state index contributed by atoms with van der Waals surface area (Å²) in [5.74, 6) is -0.0274. The van der Waals surface area contributed by atoms with Crippen molar-refractivity contribution in [1.29, 1.82) is 0 Å². The molecular formula is C24H31N3O3S. The summed E-state index contributed by atoms with van der Waals surface area (Å²) in [5.41, 5.74) is 5.59. The second kappa shape index (κ2) is 8.46. The van der Waals surface area contributed by atoms with Crippen LogP contribution in [0.3, 0.4) is 0 Å². The molecule has 3 rings (SSSR count). The number of aryl methyl sites for hydroxylation is 2. The maximum absolute atomic E-state index is 12.6. The number of hydrogen-bond acceptors (Lipinski definition) is 4. The highest BCUT2D eigenvalue weighted by molar-refractivity contribution is 7.90. The maximum Gasteiger partial charge on any atom is 0.263 e. The number of aliphatic imine (C=N–C) groups is 1. The Labute approximate surface area is 185 Å². The number of carbonyl (C=O) groups excluding carboxylic acids is 1. The first-order chi connectivity index (χ1) is 14.4.